The van der Waals surface area contributed by atoms with Gasteiger partial charge in [-0.25, -0.2) is 15.8 Å². The van der Waals surface area contributed by atoms with Gasteiger partial charge in [0.05, 0.1) is 5.56 Å². The fourth-order valence-electron chi connectivity index (χ4n) is 1.63. The summed E-state index contributed by atoms with van der Waals surface area (Å²) in [5, 5.41) is 3.79. The van der Waals surface area contributed by atoms with Gasteiger partial charge >= 0.3 is 0 Å². The van der Waals surface area contributed by atoms with Gasteiger partial charge in [0.1, 0.15) is 0 Å². The van der Waals surface area contributed by atoms with Crippen LogP contribution in [0.1, 0.15) is 15.9 Å². The Hall–Kier alpha value is -2.18. The molecule has 1 amide bonds. The molecule has 0 fully saturated rings. The summed E-state index contributed by atoms with van der Waals surface area (Å²) in [4.78, 5) is 19.3. The highest BCUT2D eigenvalue weighted by Crippen LogP contribution is 2.11. The second-order valence-electron chi connectivity index (χ2n) is 4.08. The lowest BCUT2D eigenvalue weighted by Gasteiger charge is -2.05. The van der Waals surface area contributed by atoms with Crippen LogP contribution in [0.2, 0.25) is 5.02 Å². The van der Waals surface area contributed by atoms with Crippen LogP contribution in [0, 0.1) is 0 Å². The van der Waals surface area contributed by atoms with Crippen molar-refractivity contribution in [1.29, 1.82) is 0 Å². The van der Waals surface area contributed by atoms with Crippen molar-refractivity contribution in [1.82, 2.24) is 15.4 Å². The Bertz CT molecular complexity index is 588. The van der Waals surface area contributed by atoms with Gasteiger partial charge in [-0.05, 0) is 24.1 Å². The van der Waals surface area contributed by atoms with Gasteiger partial charge in [0.25, 0.3) is 5.91 Å². The van der Waals surface area contributed by atoms with Crippen LogP contribution in [-0.2, 0) is 6.42 Å². The van der Waals surface area contributed by atoms with Gasteiger partial charge in [-0.15, -0.1) is 0 Å². The number of carbonyl (C=O) groups excluding carboxylic acids is 1. The van der Waals surface area contributed by atoms with Gasteiger partial charge in [-0.2, -0.15) is 0 Å². The molecule has 0 aliphatic carbocycles. The first-order valence-electron chi connectivity index (χ1n) is 6.00. The summed E-state index contributed by atoms with van der Waals surface area (Å²) < 4.78 is 0. The Morgan fingerprint density at radius 3 is 2.70 bits per heavy atom. The molecule has 0 saturated carbocycles. The molecule has 1 heterocycles. The molecule has 1 aromatic heterocycles. The number of nitrogens with one attached hydrogen (secondary N) is 2. The Kier molecular flexibility index (Phi) is 4.86. The van der Waals surface area contributed by atoms with Gasteiger partial charge in [0.2, 0.25) is 5.95 Å². The van der Waals surface area contributed by atoms with Crippen molar-refractivity contribution < 1.29 is 4.79 Å². The maximum atomic E-state index is 11.2. The molecule has 0 radical (unpaired) electrons. The molecule has 0 saturated heterocycles. The van der Waals surface area contributed by atoms with E-state index in [1.165, 1.54) is 12.4 Å². The number of benzene rings is 1. The summed E-state index contributed by atoms with van der Waals surface area (Å²) >= 11 is 5.91. The van der Waals surface area contributed by atoms with E-state index in [1.807, 2.05) is 29.7 Å². The molecule has 6 nitrogen and oxygen atoms in total. The number of hydrazine groups is 1. The average Bonchev–Trinajstić information content (AvgIpc) is 2.47. The number of carbonyl (C=O) groups is 1. The third-order valence-electron chi connectivity index (χ3n) is 2.63. The number of nitrogen functional groups attached to an aromatic ring is 1. The topological polar surface area (TPSA) is 92.9 Å². The zero-order valence-corrected chi connectivity index (χ0v) is 11.4. The van der Waals surface area contributed by atoms with E-state index in [9.17, 15) is 4.79 Å². The molecule has 0 bridgehead atoms. The fourth-order valence-corrected chi connectivity index (χ4v) is 1.84. The molecule has 0 aliphatic rings. The van der Waals surface area contributed by atoms with E-state index in [2.05, 4.69) is 15.3 Å². The monoisotopic (exact) mass is 291 g/mol. The fraction of sp³-hybridized carbons (Fsp3) is 0.154. The zero-order valence-electron chi connectivity index (χ0n) is 10.6. The molecule has 4 N–H and O–H groups in total. The highest BCUT2D eigenvalue weighted by Gasteiger charge is 2.04. The second kappa shape index (κ2) is 6.83. The Morgan fingerprint density at radius 2 is 2.05 bits per heavy atom. The molecule has 104 valence electrons. The lowest BCUT2D eigenvalue weighted by Crippen LogP contribution is -2.30. The highest BCUT2D eigenvalue weighted by molar-refractivity contribution is 6.30. The first-order chi connectivity index (χ1) is 9.69. The lowest BCUT2D eigenvalue weighted by atomic mass is 10.1. The van der Waals surface area contributed by atoms with E-state index in [0.717, 1.165) is 17.0 Å². The molecule has 7 heteroatoms. The molecular formula is C13H14ClN5O. The standard InChI is InChI=1S/C13H14ClN5O/c14-11-3-1-2-9(6-11)4-5-16-13-17-7-10(8-18-13)12(20)19-15/h1-3,6-8H,4-5,15H2,(H,19,20)(H,16,17,18). The van der Waals surface area contributed by atoms with E-state index in [4.69, 9.17) is 17.4 Å². The van der Waals surface area contributed by atoms with Crippen LogP contribution >= 0.6 is 11.6 Å². The Balaban J connectivity index is 1.86. The molecule has 2 aromatic rings. The van der Waals surface area contributed by atoms with Crippen LogP contribution < -0.4 is 16.6 Å². The van der Waals surface area contributed by atoms with Crippen molar-refractivity contribution in [2.24, 2.45) is 5.84 Å². The summed E-state index contributed by atoms with van der Waals surface area (Å²) in [5.74, 6) is 5.06. The maximum absolute atomic E-state index is 11.2. The molecule has 0 atom stereocenters. The second-order valence-corrected chi connectivity index (χ2v) is 4.51. The highest BCUT2D eigenvalue weighted by atomic mass is 35.5. The number of anilines is 1. The van der Waals surface area contributed by atoms with Gasteiger partial charge in [-0.3, -0.25) is 10.2 Å². The number of nitrogens with zero attached hydrogens (tertiary/aromatic N) is 2. The summed E-state index contributed by atoms with van der Waals surface area (Å²) in [6.45, 7) is 0.669. The summed E-state index contributed by atoms with van der Waals surface area (Å²) in [6, 6.07) is 7.67. The van der Waals surface area contributed by atoms with Crippen LogP contribution in [0.3, 0.4) is 0 Å². The number of rotatable bonds is 5. The predicted molar refractivity (Wildman–Crippen MR) is 77.3 cm³/mol. The van der Waals surface area contributed by atoms with Crippen molar-refractivity contribution in [3.05, 3.63) is 52.8 Å². The number of amides is 1. The minimum atomic E-state index is -0.421. The van der Waals surface area contributed by atoms with Crippen molar-refractivity contribution in [3.8, 4) is 0 Å². The summed E-state index contributed by atoms with van der Waals surface area (Å²) in [5.41, 5.74) is 3.46. The van der Waals surface area contributed by atoms with Gasteiger partial charge in [0.15, 0.2) is 0 Å². The van der Waals surface area contributed by atoms with Crippen LogP contribution in [0.4, 0.5) is 5.95 Å². The van der Waals surface area contributed by atoms with E-state index >= 15 is 0 Å². The molecule has 0 unspecified atom stereocenters. The normalized spacial score (nSPS) is 10.1. The average molecular weight is 292 g/mol. The Morgan fingerprint density at radius 1 is 1.30 bits per heavy atom. The number of hydrogen-bond acceptors (Lipinski definition) is 5. The zero-order chi connectivity index (χ0) is 14.4. The summed E-state index contributed by atoms with van der Waals surface area (Å²) in [7, 11) is 0. The van der Waals surface area contributed by atoms with Gasteiger partial charge in [0, 0.05) is 24.0 Å². The van der Waals surface area contributed by atoms with Crippen molar-refractivity contribution in [3.63, 3.8) is 0 Å². The third-order valence-corrected chi connectivity index (χ3v) is 2.87. The predicted octanol–water partition coefficient (Wildman–Crippen LogP) is 1.39. The van der Waals surface area contributed by atoms with Gasteiger partial charge in [-0.1, -0.05) is 23.7 Å². The number of aromatic nitrogens is 2. The summed E-state index contributed by atoms with van der Waals surface area (Å²) in [6.07, 6.45) is 3.63. The smallest absolute Gasteiger partial charge is 0.268 e. The molecule has 20 heavy (non-hydrogen) atoms. The first kappa shape index (κ1) is 14.2. The van der Waals surface area contributed by atoms with E-state index in [0.29, 0.717) is 18.1 Å². The minimum absolute atomic E-state index is 0.313. The van der Waals surface area contributed by atoms with E-state index in [-0.39, 0.29) is 0 Å². The lowest BCUT2D eigenvalue weighted by molar-refractivity contribution is 0.0953. The van der Waals surface area contributed by atoms with Crippen molar-refractivity contribution in [2.75, 3.05) is 11.9 Å². The quantitative estimate of drug-likeness (QED) is 0.440. The molecule has 2 rings (SSSR count). The SMILES string of the molecule is NNC(=O)c1cnc(NCCc2cccc(Cl)c2)nc1. The van der Waals surface area contributed by atoms with Crippen LogP contribution in [0.15, 0.2) is 36.7 Å². The van der Waals surface area contributed by atoms with Crippen molar-refractivity contribution in [2.45, 2.75) is 6.42 Å². The molecular weight excluding hydrogens is 278 g/mol. The largest absolute Gasteiger partial charge is 0.354 e. The third kappa shape index (κ3) is 3.91. The molecule has 1 aromatic carbocycles. The first-order valence-corrected chi connectivity index (χ1v) is 6.38. The van der Waals surface area contributed by atoms with Crippen LogP contribution in [0.25, 0.3) is 0 Å². The van der Waals surface area contributed by atoms with Crippen molar-refractivity contribution >= 4 is 23.5 Å². The minimum Gasteiger partial charge on any atom is -0.354 e. The van der Waals surface area contributed by atoms with E-state index < -0.39 is 5.91 Å². The molecule has 0 spiro atoms. The number of nitrogens with two attached hydrogens (primary N) is 1. The van der Waals surface area contributed by atoms with Gasteiger partial charge < -0.3 is 5.32 Å². The molecule has 0 aliphatic heterocycles. The van der Waals surface area contributed by atoms with Crippen LogP contribution in [0.5, 0.6) is 0 Å². The number of halogens is 1. The van der Waals surface area contributed by atoms with Crippen LogP contribution in [-0.4, -0.2) is 22.4 Å². The van der Waals surface area contributed by atoms with E-state index in [1.54, 1.807) is 0 Å². The maximum Gasteiger partial charge on any atom is 0.268 e. The number of hydrogen-bond donors (Lipinski definition) is 3. The Labute approximate surface area is 121 Å².